The molecular weight excluding hydrogens is 184 g/mol. The van der Waals surface area contributed by atoms with Crippen LogP contribution in [-0.2, 0) is 0 Å². The van der Waals surface area contributed by atoms with Crippen LogP contribution in [0.5, 0.6) is 0 Å². The molecule has 1 heteroatoms. The van der Waals surface area contributed by atoms with Crippen LogP contribution in [0.15, 0.2) is 23.4 Å². The summed E-state index contributed by atoms with van der Waals surface area (Å²) in [6.45, 7) is 4.61. The molecule has 14 heavy (non-hydrogen) atoms. The third-order valence-electron chi connectivity index (χ3n) is 2.89. The lowest BCUT2D eigenvalue weighted by atomic mass is 10.4. The van der Waals surface area contributed by atoms with Gasteiger partial charge in [-0.2, -0.15) is 0 Å². The molecule has 0 aromatic rings. The van der Waals surface area contributed by atoms with Crippen molar-refractivity contribution in [2.45, 2.75) is 58.0 Å². The summed E-state index contributed by atoms with van der Waals surface area (Å²) in [5, 5.41) is 1.79. The Balaban J connectivity index is 2.35. The summed E-state index contributed by atoms with van der Waals surface area (Å²) >= 11 is 0. The molecule has 0 saturated carbocycles. The van der Waals surface area contributed by atoms with Gasteiger partial charge in [0.05, 0.1) is 8.80 Å². The smallest absolute Gasteiger partial charge is 0.0806 e. The number of hydrogen-bond donors (Lipinski definition) is 0. The van der Waals surface area contributed by atoms with Gasteiger partial charge in [-0.05, 0) is 6.42 Å². The lowest BCUT2D eigenvalue weighted by Crippen LogP contribution is -2.15. The van der Waals surface area contributed by atoms with Crippen molar-refractivity contribution in [3.8, 4) is 0 Å². The zero-order chi connectivity index (χ0) is 10.2. The molecule has 0 N–H and O–H groups in total. The summed E-state index contributed by atoms with van der Waals surface area (Å²) in [5.74, 6) is 0. The van der Waals surface area contributed by atoms with Crippen LogP contribution < -0.4 is 0 Å². The second-order valence-corrected chi connectivity index (χ2v) is 6.98. The highest BCUT2D eigenvalue weighted by atomic mass is 28.3. The fourth-order valence-electron chi connectivity index (χ4n) is 1.94. The molecule has 0 nitrogen and oxygen atoms in total. The SMILES string of the molecule is CCCC[Si](CCCC)C1=CC=CC1. The molecule has 1 aliphatic rings. The predicted octanol–water partition coefficient (Wildman–Crippen LogP) is 4.51. The molecular formula is C13H23Si. The van der Waals surface area contributed by atoms with Gasteiger partial charge >= 0.3 is 0 Å². The van der Waals surface area contributed by atoms with Gasteiger partial charge in [0.1, 0.15) is 0 Å². The molecule has 0 aliphatic heterocycles. The highest BCUT2D eigenvalue weighted by molar-refractivity contribution is 6.66. The molecule has 0 fully saturated rings. The van der Waals surface area contributed by atoms with Crippen molar-refractivity contribution in [1.29, 1.82) is 0 Å². The van der Waals surface area contributed by atoms with Crippen molar-refractivity contribution >= 4 is 8.80 Å². The van der Waals surface area contributed by atoms with Crippen LogP contribution in [0.2, 0.25) is 12.1 Å². The van der Waals surface area contributed by atoms with E-state index in [0.29, 0.717) is 0 Å². The Morgan fingerprint density at radius 2 is 1.79 bits per heavy atom. The molecule has 0 amide bonds. The second kappa shape index (κ2) is 7.05. The van der Waals surface area contributed by atoms with E-state index in [1.807, 2.05) is 0 Å². The van der Waals surface area contributed by atoms with Gasteiger partial charge in [-0.25, -0.2) is 0 Å². The van der Waals surface area contributed by atoms with Gasteiger partial charge in [-0.15, -0.1) is 0 Å². The first-order valence-corrected chi connectivity index (χ1v) is 8.00. The average Bonchev–Trinajstić information content (AvgIpc) is 2.71. The molecule has 0 bridgehead atoms. The zero-order valence-corrected chi connectivity index (χ0v) is 10.7. The standard InChI is InChI=1S/C13H23Si/c1-3-5-11-14(12-6-4-2)13-9-7-8-10-13/h7-9H,3-6,10-12H2,1-2H3. The van der Waals surface area contributed by atoms with Crippen molar-refractivity contribution in [2.75, 3.05) is 0 Å². The molecule has 0 spiro atoms. The lowest BCUT2D eigenvalue weighted by Gasteiger charge is -2.15. The van der Waals surface area contributed by atoms with Crippen LogP contribution in [-0.4, -0.2) is 8.80 Å². The van der Waals surface area contributed by atoms with Crippen LogP contribution >= 0.6 is 0 Å². The zero-order valence-electron chi connectivity index (χ0n) is 9.68. The molecule has 1 aliphatic carbocycles. The van der Waals surface area contributed by atoms with Crippen LogP contribution in [0.4, 0.5) is 0 Å². The molecule has 0 aromatic carbocycles. The van der Waals surface area contributed by atoms with Crippen molar-refractivity contribution < 1.29 is 0 Å². The van der Waals surface area contributed by atoms with Gasteiger partial charge in [0.25, 0.3) is 0 Å². The van der Waals surface area contributed by atoms with E-state index < -0.39 is 0 Å². The van der Waals surface area contributed by atoms with Gasteiger partial charge < -0.3 is 0 Å². The maximum atomic E-state index is 2.39. The fraction of sp³-hybridized carbons (Fsp3) is 0.692. The Kier molecular flexibility index (Phi) is 5.93. The highest BCUT2D eigenvalue weighted by Crippen LogP contribution is 2.22. The van der Waals surface area contributed by atoms with E-state index >= 15 is 0 Å². The maximum Gasteiger partial charge on any atom is 0.0806 e. The lowest BCUT2D eigenvalue weighted by molar-refractivity contribution is 0.842. The molecule has 0 saturated heterocycles. The van der Waals surface area contributed by atoms with E-state index in [-0.39, 0.29) is 8.80 Å². The predicted molar refractivity (Wildman–Crippen MR) is 67.0 cm³/mol. The van der Waals surface area contributed by atoms with E-state index in [1.54, 1.807) is 5.20 Å². The summed E-state index contributed by atoms with van der Waals surface area (Å²) in [6.07, 6.45) is 13.8. The highest BCUT2D eigenvalue weighted by Gasteiger charge is 2.15. The van der Waals surface area contributed by atoms with E-state index in [2.05, 4.69) is 32.1 Å². The van der Waals surface area contributed by atoms with Crippen molar-refractivity contribution in [3.63, 3.8) is 0 Å². The number of allylic oxidation sites excluding steroid dienone is 4. The van der Waals surface area contributed by atoms with Gasteiger partial charge in [-0.1, -0.05) is 75.0 Å². The Morgan fingerprint density at radius 1 is 1.14 bits per heavy atom. The molecule has 1 radical (unpaired) electrons. The van der Waals surface area contributed by atoms with Crippen LogP contribution in [0.25, 0.3) is 0 Å². The number of hydrogen-bond acceptors (Lipinski definition) is 0. The van der Waals surface area contributed by atoms with Gasteiger partial charge in [0.2, 0.25) is 0 Å². The molecule has 0 atom stereocenters. The third-order valence-corrected chi connectivity index (χ3v) is 6.08. The Bertz CT molecular complexity index is 195. The molecule has 0 heterocycles. The topological polar surface area (TPSA) is 0 Å². The van der Waals surface area contributed by atoms with Crippen molar-refractivity contribution in [1.82, 2.24) is 0 Å². The minimum absolute atomic E-state index is 0.149. The Hall–Kier alpha value is -0.303. The number of unbranched alkanes of at least 4 members (excludes halogenated alkanes) is 2. The van der Waals surface area contributed by atoms with Crippen LogP contribution in [0.3, 0.4) is 0 Å². The Labute approximate surface area is 90.7 Å². The van der Waals surface area contributed by atoms with E-state index in [4.69, 9.17) is 0 Å². The Morgan fingerprint density at radius 3 is 2.21 bits per heavy atom. The van der Waals surface area contributed by atoms with E-state index in [1.165, 1.54) is 44.2 Å². The minimum atomic E-state index is -0.149. The molecule has 1 rings (SSSR count). The molecule has 79 valence electrons. The number of rotatable bonds is 7. The third kappa shape index (κ3) is 3.83. The second-order valence-electron chi connectivity index (χ2n) is 4.13. The monoisotopic (exact) mass is 207 g/mol. The molecule has 0 aromatic heterocycles. The summed E-state index contributed by atoms with van der Waals surface area (Å²) in [4.78, 5) is 0. The summed E-state index contributed by atoms with van der Waals surface area (Å²) in [7, 11) is -0.149. The first-order chi connectivity index (χ1) is 6.88. The van der Waals surface area contributed by atoms with E-state index in [9.17, 15) is 0 Å². The van der Waals surface area contributed by atoms with Gasteiger partial charge in [-0.3, -0.25) is 0 Å². The normalized spacial score (nSPS) is 15.2. The van der Waals surface area contributed by atoms with Crippen molar-refractivity contribution in [3.05, 3.63) is 23.4 Å². The fourth-order valence-corrected chi connectivity index (χ4v) is 5.13. The summed E-state index contributed by atoms with van der Waals surface area (Å²) < 4.78 is 0. The van der Waals surface area contributed by atoms with Gasteiger partial charge in [0, 0.05) is 0 Å². The molecule has 0 unspecified atom stereocenters. The van der Waals surface area contributed by atoms with E-state index in [0.717, 1.165) is 0 Å². The maximum absolute atomic E-state index is 2.39. The van der Waals surface area contributed by atoms with Crippen LogP contribution in [0, 0.1) is 0 Å². The van der Waals surface area contributed by atoms with Crippen LogP contribution in [0.1, 0.15) is 46.0 Å². The van der Waals surface area contributed by atoms with Gasteiger partial charge in [0.15, 0.2) is 0 Å². The van der Waals surface area contributed by atoms with Crippen molar-refractivity contribution in [2.24, 2.45) is 0 Å². The minimum Gasteiger partial charge on any atom is -0.0809 e. The largest absolute Gasteiger partial charge is 0.0809 e. The summed E-state index contributed by atoms with van der Waals surface area (Å²) in [6, 6.07) is 3.02. The first-order valence-electron chi connectivity index (χ1n) is 6.09. The first kappa shape index (κ1) is 11.8. The quantitative estimate of drug-likeness (QED) is 0.539. The summed E-state index contributed by atoms with van der Waals surface area (Å²) in [5.41, 5.74) is 0. The average molecular weight is 207 g/mol.